The van der Waals surface area contributed by atoms with Gasteiger partial charge < -0.3 is 4.74 Å². The number of benzene rings is 1. The van der Waals surface area contributed by atoms with E-state index in [0.29, 0.717) is 39.6 Å². The van der Waals surface area contributed by atoms with E-state index in [0.717, 1.165) is 0 Å². The predicted molar refractivity (Wildman–Crippen MR) is 118 cm³/mol. The van der Waals surface area contributed by atoms with Gasteiger partial charge in [0.25, 0.3) is 5.91 Å². The highest BCUT2D eigenvalue weighted by Gasteiger charge is 2.32. The molecule has 29 heavy (non-hydrogen) atoms. The zero-order chi connectivity index (χ0) is 21.0. The van der Waals surface area contributed by atoms with Gasteiger partial charge in [-0.05, 0) is 24.6 Å². The van der Waals surface area contributed by atoms with Gasteiger partial charge in [-0.25, -0.2) is 9.37 Å². The van der Waals surface area contributed by atoms with E-state index in [4.69, 9.17) is 17.0 Å². The molecule has 0 unspecified atom stereocenters. The minimum atomic E-state index is -0.517. The van der Waals surface area contributed by atoms with Crippen molar-refractivity contribution in [1.82, 2.24) is 9.88 Å². The second-order valence-corrected chi connectivity index (χ2v) is 8.55. The van der Waals surface area contributed by atoms with Crippen LogP contribution in [0, 0.1) is 5.82 Å². The fraction of sp³-hybridized carbons (Fsp3) is 0.263. The lowest BCUT2D eigenvalue weighted by Crippen LogP contribution is -2.29. The van der Waals surface area contributed by atoms with E-state index in [2.05, 4.69) is 4.98 Å². The third-order valence-corrected chi connectivity index (χ3v) is 6.21. The molecule has 2 heterocycles. The normalized spacial score (nSPS) is 15.4. The summed E-state index contributed by atoms with van der Waals surface area (Å²) in [5.41, 5.74) is 0.635. The number of anilines is 2. The van der Waals surface area contributed by atoms with E-state index in [-0.39, 0.29) is 17.5 Å². The monoisotopic (exact) mass is 451 g/mol. The van der Waals surface area contributed by atoms with Gasteiger partial charge in [-0.2, -0.15) is 0 Å². The molecule has 0 N–H and O–H groups in total. The first kappa shape index (κ1) is 21.6. The number of thiazole rings is 1. The number of hydrogen-bond acceptors (Lipinski definition) is 7. The third kappa shape index (κ3) is 4.89. The van der Waals surface area contributed by atoms with Gasteiger partial charge in [-0.3, -0.25) is 19.4 Å². The largest absolute Gasteiger partial charge is 0.385 e. The number of halogens is 1. The molecule has 3 rings (SSSR count). The molecule has 1 aliphatic heterocycles. The van der Waals surface area contributed by atoms with E-state index in [1.807, 2.05) is 0 Å². The van der Waals surface area contributed by atoms with Crippen LogP contribution in [-0.2, 0) is 14.3 Å². The van der Waals surface area contributed by atoms with E-state index in [9.17, 15) is 14.0 Å². The Morgan fingerprint density at radius 1 is 1.41 bits per heavy atom. The van der Waals surface area contributed by atoms with Crippen LogP contribution in [0.3, 0.4) is 0 Å². The number of thiocarbonyl (C=S) groups is 1. The number of ether oxygens (including phenoxy) is 1. The Labute approximate surface area is 181 Å². The number of hydrogen-bond donors (Lipinski definition) is 0. The molecule has 1 fully saturated rings. The Kier molecular flexibility index (Phi) is 7.12. The minimum Gasteiger partial charge on any atom is -0.385 e. The molecule has 1 aromatic carbocycles. The Morgan fingerprint density at radius 3 is 2.86 bits per heavy atom. The molecule has 0 saturated carbocycles. The number of nitrogens with zero attached hydrogens (tertiary/aromatic N) is 3. The highest BCUT2D eigenvalue weighted by atomic mass is 32.2. The Morgan fingerprint density at radius 2 is 2.17 bits per heavy atom. The zero-order valence-electron chi connectivity index (χ0n) is 15.8. The van der Waals surface area contributed by atoms with Gasteiger partial charge in [0.1, 0.15) is 10.1 Å². The first-order valence-electron chi connectivity index (χ1n) is 8.67. The van der Waals surface area contributed by atoms with Crippen molar-refractivity contribution >= 4 is 68.3 Å². The van der Waals surface area contributed by atoms with E-state index >= 15 is 0 Å². The number of methoxy groups -OCH3 is 1. The summed E-state index contributed by atoms with van der Waals surface area (Å²) in [5.74, 6) is -1.06. The molecule has 6 nitrogen and oxygen atoms in total. The average molecular weight is 452 g/mol. The summed E-state index contributed by atoms with van der Waals surface area (Å²) in [5, 5.41) is 2.04. The molecule has 152 valence electrons. The van der Waals surface area contributed by atoms with Crippen LogP contribution in [0.4, 0.5) is 15.2 Å². The molecular weight excluding hydrogens is 433 g/mol. The van der Waals surface area contributed by atoms with E-state index < -0.39 is 5.82 Å². The molecule has 2 amide bonds. The summed E-state index contributed by atoms with van der Waals surface area (Å²) in [7, 11) is 1.61. The van der Waals surface area contributed by atoms with Crippen molar-refractivity contribution in [2.75, 3.05) is 25.2 Å². The zero-order valence-corrected chi connectivity index (χ0v) is 18.2. The van der Waals surface area contributed by atoms with Crippen molar-refractivity contribution in [2.24, 2.45) is 0 Å². The third-order valence-electron chi connectivity index (χ3n) is 3.99. The van der Waals surface area contributed by atoms with Gasteiger partial charge in [-0.1, -0.05) is 36.1 Å². The lowest BCUT2D eigenvalue weighted by atomic mass is 10.3. The topological polar surface area (TPSA) is 62.7 Å². The van der Waals surface area contributed by atoms with Crippen molar-refractivity contribution < 1.29 is 18.7 Å². The molecule has 0 radical (unpaired) electrons. The number of carbonyl (C=O) groups excluding carboxylic acids is 2. The molecule has 0 aliphatic carbocycles. The summed E-state index contributed by atoms with van der Waals surface area (Å²) in [6, 6.07) is 6.01. The predicted octanol–water partition coefficient (Wildman–Crippen LogP) is 4.20. The van der Waals surface area contributed by atoms with Crippen LogP contribution in [0.15, 0.2) is 34.6 Å². The first-order valence-corrected chi connectivity index (χ1v) is 10.8. The highest BCUT2D eigenvalue weighted by molar-refractivity contribution is 8.26. The fourth-order valence-corrected chi connectivity index (χ4v) is 4.81. The van der Waals surface area contributed by atoms with Gasteiger partial charge in [-0.15, -0.1) is 11.3 Å². The van der Waals surface area contributed by atoms with Crippen molar-refractivity contribution in [1.29, 1.82) is 0 Å². The van der Waals surface area contributed by atoms with Gasteiger partial charge >= 0.3 is 0 Å². The Balaban J connectivity index is 1.82. The summed E-state index contributed by atoms with van der Waals surface area (Å²) in [6.45, 7) is 2.38. The second kappa shape index (κ2) is 9.57. The van der Waals surface area contributed by atoms with Crippen molar-refractivity contribution in [3.05, 3.63) is 46.1 Å². The molecule has 1 aliphatic rings. The van der Waals surface area contributed by atoms with E-state index in [1.54, 1.807) is 35.6 Å². The molecule has 0 atom stereocenters. The first-order chi connectivity index (χ1) is 13.9. The quantitative estimate of drug-likeness (QED) is 0.357. The van der Waals surface area contributed by atoms with Crippen LogP contribution in [0.1, 0.15) is 19.0 Å². The maximum absolute atomic E-state index is 14.2. The van der Waals surface area contributed by atoms with Crippen LogP contribution in [0.25, 0.3) is 6.08 Å². The molecule has 10 heteroatoms. The molecular formula is C19H18FN3O3S3. The van der Waals surface area contributed by atoms with Crippen LogP contribution in [-0.4, -0.2) is 46.3 Å². The van der Waals surface area contributed by atoms with Crippen LogP contribution >= 0.6 is 35.3 Å². The number of thioether (sulfide) groups is 1. The summed E-state index contributed by atoms with van der Waals surface area (Å²) >= 11 is 7.70. The minimum absolute atomic E-state index is 0.130. The number of amides is 2. The summed E-state index contributed by atoms with van der Waals surface area (Å²) < 4.78 is 19.7. The van der Waals surface area contributed by atoms with E-state index in [1.165, 1.54) is 47.1 Å². The van der Waals surface area contributed by atoms with Gasteiger partial charge in [0.2, 0.25) is 5.91 Å². The lowest BCUT2D eigenvalue weighted by Gasteiger charge is -2.18. The molecule has 1 aromatic heterocycles. The second-order valence-electron chi connectivity index (χ2n) is 6.04. The number of carbonyl (C=O) groups is 2. The Bertz CT molecular complexity index is 976. The average Bonchev–Trinajstić information content (AvgIpc) is 3.23. The number of aromatic nitrogens is 1. The maximum atomic E-state index is 14.2. The summed E-state index contributed by atoms with van der Waals surface area (Å²) in [4.78, 5) is 32.4. The fourth-order valence-electron chi connectivity index (χ4n) is 2.68. The maximum Gasteiger partial charge on any atom is 0.266 e. The summed E-state index contributed by atoms with van der Waals surface area (Å²) in [6.07, 6.45) is 2.32. The van der Waals surface area contributed by atoms with Gasteiger partial charge in [0, 0.05) is 32.6 Å². The Hall–Kier alpha value is -2.14. The SMILES string of the molecule is COCCCN1C(=O)/C(=C\c2csc(N(C(C)=O)c3ccccc3F)n2)SC1=S. The van der Waals surface area contributed by atoms with Crippen molar-refractivity contribution in [2.45, 2.75) is 13.3 Å². The van der Waals surface area contributed by atoms with Crippen LogP contribution in [0.2, 0.25) is 0 Å². The van der Waals surface area contributed by atoms with Gasteiger partial charge in [0.05, 0.1) is 16.3 Å². The van der Waals surface area contributed by atoms with Crippen molar-refractivity contribution in [3.8, 4) is 0 Å². The van der Waals surface area contributed by atoms with Crippen LogP contribution in [0.5, 0.6) is 0 Å². The lowest BCUT2D eigenvalue weighted by molar-refractivity contribution is -0.122. The molecule has 0 bridgehead atoms. The number of rotatable bonds is 7. The smallest absolute Gasteiger partial charge is 0.266 e. The van der Waals surface area contributed by atoms with Crippen molar-refractivity contribution in [3.63, 3.8) is 0 Å². The number of para-hydroxylation sites is 1. The molecule has 1 saturated heterocycles. The molecule has 0 spiro atoms. The van der Waals surface area contributed by atoms with Crippen LogP contribution < -0.4 is 4.90 Å². The standard InChI is InChI=1S/C19H18FN3O3S3/c1-12(24)23(15-7-4-3-6-14(15)20)18-21-13(11-28-18)10-16-17(25)22(19(27)29-16)8-5-9-26-2/h3-4,6-7,10-11H,5,8-9H2,1-2H3/b16-10+. The van der Waals surface area contributed by atoms with Gasteiger partial charge in [0.15, 0.2) is 5.13 Å². The highest BCUT2D eigenvalue weighted by Crippen LogP contribution is 2.35. The molecule has 2 aromatic rings.